The highest BCUT2D eigenvalue weighted by atomic mass is 16.4. The zero-order valence-electron chi connectivity index (χ0n) is 10.1. The number of amidine groups is 1. The van der Waals surface area contributed by atoms with Crippen molar-refractivity contribution in [2.75, 3.05) is 13.1 Å². The third-order valence-corrected chi connectivity index (χ3v) is 3.28. The quantitative estimate of drug-likeness (QED) is 0.345. The van der Waals surface area contributed by atoms with Gasteiger partial charge in [-0.25, -0.2) is 0 Å². The molecule has 0 bridgehead atoms. The summed E-state index contributed by atoms with van der Waals surface area (Å²) in [5.74, 6) is 0.586. The fourth-order valence-electron chi connectivity index (χ4n) is 2.25. The molecule has 0 unspecified atom stereocenters. The van der Waals surface area contributed by atoms with Gasteiger partial charge >= 0.3 is 0 Å². The smallest absolute Gasteiger partial charge is 0.142 e. The van der Waals surface area contributed by atoms with E-state index < -0.39 is 0 Å². The molecular formula is C11H19N5O. The molecule has 2 heterocycles. The molecule has 3 N–H and O–H groups in total. The fourth-order valence-corrected chi connectivity index (χ4v) is 2.25. The monoisotopic (exact) mass is 237 g/mol. The number of aromatic nitrogens is 2. The van der Waals surface area contributed by atoms with Crippen molar-refractivity contribution in [2.45, 2.75) is 19.4 Å². The number of hydrogen-bond donors (Lipinski definition) is 2. The predicted molar refractivity (Wildman–Crippen MR) is 64.6 cm³/mol. The maximum atomic E-state index is 8.63. The molecule has 1 aliphatic heterocycles. The molecule has 6 heteroatoms. The Morgan fingerprint density at radius 3 is 2.82 bits per heavy atom. The van der Waals surface area contributed by atoms with E-state index in [-0.39, 0.29) is 5.92 Å². The van der Waals surface area contributed by atoms with Gasteiger partial charge in [0.2, 0.25) is 0 Å². The van der Waals surface area contributed by atoms with Crippen LogP contribution >= 0.6 is 0 Å². The van der Waals surface area contributed by atoms with Crippen LogP contribution in [0.2, 0.25) is 0 Å². The summed E-state index contributed by atoms with van der Waals surface area (Å²) in [4.78, 5) is 2.35. The van der Waals surface area contributed by atoms with Gasteiger partial charge in [-0.1, -0.05) is 5.16 Å². The second-order valence-corrected chi connectivity index (χ2v) is 4.56. The third kappa shape index (κ3) is 2.97. The van der Waals surface area contributed by atoms with Crippen molar-refractivity contribution in [1.29, 1.82) is 0 Å². The van der Waals surface area contributed by atoms with E-state index in [9.17, 15) is 0 Å². The Bertz CT molecular complexity index is 392. The van der Waals surface area contributed by atoms with E-state index in [4.69, 9.17) is 10.9 Å². The van der Waals surface area contributed by atoms with Crippen LogP contribution in [0.5, 0.6) is 0 Å². The molecular weight excluding hydrogens is 218 g/mol. The van der Waals surface area contributed by atoms with Crippen LogP contribution in [-0.4, -0.2) is 38.8 Å². The van der Waals surface area contributed by atoms with Crippen molar-refractivity contribution < 1.29 is 5.21 Å². The van der Waals surface area contributed by atoms with Crippen LogP contribution in [0.25, 0.3) is 0 Å². The number of hydrogen-bond acceptors (Lipinski definition) is 4. The van der Waals surface area contributed by atoms with E-state index >= 15 is 0 Å². The average molecular weight is 237 g/mol. The summed E-state index contributed by atoms with van der Waals surface area (Å²) >= 11 is 0. The Balaban J connectivity index is 1.83. The van der Waals surface area contributed by atoms with Crippen LogP contribution in [0.15, 0.2) is 17.4 Å². The van der Waals surface area contributed by atoms with E-state index in [0.717, 1.165) is 38.2 Å². The van der Waals surface area contributed by atoms with E-state index in [1.807, 2.05) is 24.0 Å². The first-order valence-corrected chi connectivity index (χ1v) is 5.87. The number of piperidine rings is 1. The van der Waals surface area contributed by atoms with Gasteiger partial charge in [-0.3, -0.25) is 9.58 Å². The van der Waals surface area contributed by atoms with Gasteiger partial charge in [-0.05, 0) is 32.0 Å². The van der Waals surface area contributed by atoms with Crippen LogP contribution in [0, 0.1) is 5.92 Å². The lowest BCUT2D eigenvalue weighted by Gasteiger charge is -2.30. The standard InChI is InChI=1S/C11H19N5O/c1-15-5-4-10(13-15)8-16-6-2-9(3-7-16)11(12)14-17/h4-5,9,17H,2-3,6-8H2,1H3,(H2,12,14). The van der Waals surface area contributed by atoms with Crippen molar-refractivity contribution in [3.8, 4) is 0 Å². The Hall–Kier alpha value is -1.56. The van der Waals surface area contributed by atoms with Crippen molar-refractivity contribution >= 4 is 5.84 Å². The molecule has 17 heavy (non-hydrogen) atoms. The largest absolute Gasteiger partial charge is 0.409 e. The van der Waals surface area contributed by atoms with Crippen LogP contribution in [0.4, 0.5) is 0 Å². The highest BCUT2D eigenvalue weighted by Crippen LogP contribution is 2.18. The van der Waals surface area contributed by atoms with Gasteiger partial charge in [0, 0.05) is 25.7 Å². The summed E-state index contributed by atoms with van der Waals surface area (Å²) in [5.41, 5.74) is 6.71. The number of likely N-dealkylation sites (tertiary alicyclic amines) is 1. The average Bonchev–Trinajstić information content (AvgIpc) is 2.75. The molecule has 1 aromatic rings. The number of oxime groups is 1. The SMILES string of the molecule is Cn1ccc(CN2CCC(/C(N)=N/O)CC2)n1. The molecule has 2 rings (SSSR count). The van der Waals surface area contributed by atoms with Crippen LogP contribution in [-0.2, 0) is 13.6 Å². The lowest BCUT2D eigenvalue weighted by molar-refractivity contribution is 0.196. The summed E-state index contributed by atoms with van der Waals surface area (Å²) in [6.45, 7) is 2.82. The maximum Gasteiger partial charge on any atom is 0.142 e. The highest BCUT2D eigenvalue weighted by Gasteiger charge is 2.22. The van der Waals surface area contributed by atoms with E-state index in [1.165, 1.54) is 0 Å². The van der Waals surface area contributed by atoms with E-state index in [0.29, 0.717) is 5.84 Å². The van der Waals surface area contributed by atoms with Gasteiger partial charge in [0.05, 0.1) is 5.69 Å². The summed E-state index contributed by atoms with van der Waals surface area (Å²) in [7, 11) is 1.92. The van der Waals surface area contributed by atoms with Crippen LogP contribution in [0.3, 0.4) is 0 Å². The molecule has 1 aliphatic rings. The van der Waals surface area contributed by atoms with Crippen LogP contribution < -0.4 is 5.73 Å². The topological polar surface area (TPSA) is 79.7 Å². The molecule has 6 nitrogen and oxygen atoms in total. The first kappa shape index (κ1) is 11.9. The van der Waals surface area contributed by atoms with Gasteiger partial charge in [0.1, 0.15) is 5.84 Å². The lowest BCUT2D eigenvalue weighted by Crippen LogP contribution is -2.38. The Morgan fingerprint density at radius 1 is 1.59 bits per heavy atom. The fraction of sp³-hybridized carbons (Fsp3) is 0.636. The van der Waals surface area contributed by atoms with Gasteiger partial charge in [0.25, 0.3) is 0 Å². The Labute approximate surface area is 101 Å². The van der Waals surface area contributed by atoms with Crippen molar-refractivity contribution in [1.82, 2.24) is 14.7 Å². The van der Waals surface area contributed by atoms with Gasteiger partial charge in [-0.15, -0.1) is 0 Å². The number of nitrogens with two attached hydrogens (primary N) is 1. The third-order valence-electron chi connectivity index (χ3n) is 3.28. The molecule has 0 aromatic carbocycles. The number of rotatable bonds is 3. The molecule has 0 amide bonds. The summed E-state index contributed by atoms with van der Waals surface area (Å²) in [6, 6.07) is 2.04. The molecule has 0 saturated carbocycles. The van der Waals surface area contributed by atoms with E-state index in [1.54, 1.807) is 0 Å². The predicted octanol–water partition coefficient (Wildman–Crippen LogP) is 0.379. The maximum absolute atomic E-state index is 8.63. The second kappa shape index (κ2) is 5.18. The van der Waals surface area contributed by atoms with Gasteiger partial charge in [-0.2, -0.15) is 5.10 Å². The summed E-state index contributed by atoms with van der Waals surface area (Å²) < 4.78 is 1.82. The van der Waals surface area contributed by atoms with Crippen molar-refractivity contribution in [3.63, 3.8) is 0 Å². The lowest BCUT2D eigenvalue weighted by atomic mass is 9.96. The minimum atomic E-state index is 0.222. The second-order valence-electron chi connectivity index (χ2n) is 4.56. The van der Waals surface area contributed by atoms with Gasteiger partial charge in [0.15, 0.2) is 0 Å². The Kier molecular flexibility index (Phi) is 3.63. The molecule has 94 valence electrons. The first-order chi connectivity index (χ1) is 8.19. The molecule has 1 fully saturated rings. The van der Waals surface area contributed by atoms with Crippen molar-refractivity contribution in [3.05, 3.63) is 18.0 Å². The highest BCUT2D eigenvalue weighted by molar-refractivity contribution is 5.82. The first-order valence-electron chi connectivity index (χ1n) is 5.87. The zero-order chi connectivity index (χ0) is 12.3. The Morgan fingerprint density at radius 2 is 2.29 bits per heavy atom. The minimum absolute atomic E-state index is 0.222. The molecule has 1 aromatic heterocycles. The molecule has 1 saturated heterocycles. The molecule has 0 atom stereocenters. The number of aryl methyl sites for hydroxylation is 1. The molecule has 0 aliphatic carbocycles. The number of nitrogens with zero attached hydrogens (tertiary/aromatic N) is 4. The normalized spacial score (nSPS) is 19.7. The zero-order valence-corrected chi connectivity index (χ0v) is 10.1. The van der Waals surface area contributed by atoms with Crippen LogP contribution in [0.1, 0.15) is 18.5 Å². The van der Waals surface area contributed by atoms with Gasteiger partial charge < -0.3 is 10.9 Å². The summed E-state index contributed by atoms with van der Waals surface area (Å²) in [5, 5.41) is 16.1. The minimum Gasteiger partial charge on any atom is -0.409 e. The summed E-state index contributed by atoms with van der Waals surface area (Å²) in [6.07, 6.45) is 3.85. The molecule has 0 spiro atoms. The molecule has 0 radical (unpaired) electrons. The van der Waals surface area contributed by atoms with Crippen molar-refractivity contribution in [2.24, 2.45) is 23.9 Å². The van der Waals surface area contributed by atoms with E-state index in [2.05, 4.69) is 15.2 Å².